The lowest BCUT2D eigenvalue weighted by Gasteiger charge is -2.43. The molecule has 154 valence electrons. The molecule has 0 saturated carbocycles. The Balaban J connectivity index is 2.13. The third kappa shape index (κ3) is 4.18. The van der Waals surface area contributed by atoms with Gasteiger partial charge in [0.25, 0.3) is 0 Å². The van der Waals surface area contributed by atoms with Crippen molar-refractivity contribution in [2.24, 2.45) is 0 Å². The highest BCUT2D eigenvalue weighted by Crippen LogP contribution is 2.36. The van der Waals surface area contributed by atoms with Crippen LogP contribution in [0, 0.1) is 0 Å². The van der Waals surface area contributed by atoms with Crippen LogP contribution in [0.2, 0.25) is 0 Å². The molecule has 0 bridgehead atoms. The van der Waals surface area contributed by atoms with Crippen LogP contribution in [0.15, 0.2) is 0 Å². The minimum absolute atomic E-state index is 0.0876. The quantitative estimate of drug-likeness (QED) is 0.228. The van der Waals surface area contributed by atoms with Crippen LogP contribution >= 0.6 is 0 Å². The molecule has 7 N–H and O–H groups in total. The van der Waals surface area contributed by atoms with Crippen molar-refractivity contribution in [3.8, 4) is 0 Å². The summed E-state index contributed by atoms with van der Waals surface area (Å²) in [6, 6.07) is 0. The third-order valence-electron chi connectivity index (χ3n) is 4.48. The molecule has 0 spiro atoms. The highest BCUT2D eigenvalue weighted by molar-refractivity contribution is 4.98. The first kappa shape index (κ1) is 21.9. The fraction of sp³-hybridized carbons (Fsp3) is 1.00. The zero-order valence-electron chi connectivity index (χ0n) is 14.6. The monoisotopic (exact) mass is 384 g/mol. The van der Waals surface area contributed by atoms with E-state index in [0.717, 1.165) is 0 Å². The van der Waals surface area contributed by atoms with Crippen LogP contribution in [-0.4, -0.2) is 116 Å². The van der Waals surface area contributed by atoms with E-state index in [1.54, 1.807) is 13.8 Å². The molecule has 26 heavy (non-hydrogen) atoms. The van der Waals surface area contributed by atoms with Crippen LogP contribution in [0.1, 0.15) is 13.8 Å². The van der Waals surface area contributed by atoms with Gasteiger partial charge in [0.05, 0.1) is 19.3 Å². The van der Waals surface area contributed by atoms with Crippen LogP contribution in [0.3, 0.4) is 0 Å². The highest BCUT2D eigenvalue weighted by Gasteiger charge is 2.58. The first-order chi connectivity index (χ1) is 12.2. The van der Waals surface area contributed by atoms with E-state index in [1.165, 1.54) is 0 Å². The molecule has 0 aromatic rings. The number of rotatable bonds is 7. The van der Waals surface area contributed by atoms with Crippen molar-refractivity contribution >= 4 is 0 Å². The lowest BCUT2D eigenvalue weighted by Crippen LogP contribution is -2.62. The van der Waals surface area contributed by atoms with Crippen molar-refractivity contribution in [1.82, 2.24) is 0 Å². The van der Waals surface area contributed by atoms with Gasteiger partial charge in [0, 0.05) is 0 Å². The van der Waals surface area contributed by atoms with Crippen molar-refractivity contribution in [2.45, 2.75) is 74.8 Å². The summed E-state index contributed by atoms with van der Waals surface area (Å²) in [6.07, 6.45) is -12.3. The lowest BCUT2D eigenvalue weighted by atomic mass is 9.99. The number of hydrogen-bond donors (Lipinski definition) is 7. The van der Waals surface area contributed by atoms with E-state index in [4.69, 9.17) is 18.9 Å². The summed E-state index contributed by atoms with van der Waals surface area (Å²) in [4.78, 5) is 0. The third-order valence-corrected chi connectivity index (χ3v) is 4.48. The van der Waals surface area contributed by atoms with Gasteiger partial charge in [0.2, 0.25) is 5.79 Å². The second kappa shape index (κ2) is 8.71. The molecule has 0 aliphatic carbocycles. The molecule has 11 nitrogen and oxygen atoms in total. The first-order valence-corrected chi connectivity index (χ1v) is 8.41. The summed E-state index contributed by atoms with van der Waals surface area (Å²) in [5, 5.41) is 69.0. The van der Waals surface area contributed by atoms with Gasteiger partial charge in [0.15, 0.2) is 6.29 Å². The van der Waals surface area contributed by atoms with E-state index in [9.17, 15) is 35.7 Å². The predicted molar refractivity (Wildman–Crippen MR) is 82.6 cm³/mol. The molecule has 0 aromatic heterocycles. The Bertz CT molecular complexity index is 447. The summed E-state index contributed by atoms with van der Waals surface area (Å²) in [6.45, 7) is 1.87. The molecule has 4 unspecified atom stereocenters. The van der Waals surface area contributed by atoms with Crippen molar-refractivity contribution in [3.63, 3.8) is 0 Å². The van der Waals surface area contributed by atoms with Gasteiger partial charge >= 0.3 is 0 Å². The van der Waals surface area contributed by atoms with E-state index < -0.39 is 68.0 Å². The van der Waals surface area contributed by atoms with Gasteiger partial charge < -0.3 is 54.7 Å². The molecule has 0 aromatic carbocycles. The van der Waals surface area contributed by atoms with Crippen LogP contribution in [-0.2, 0) is 18.9 Å². The summed E-state index contributed by atoms with van der Waals surface area (Å²) in [7, 11) is 0. The van der Waals surface area contributed by atoms with E-state index >= 15 is 0 Å². The zero-order valence-corrected chi connectivity index (χ0v) is 14.6. The Morgan fingerprint density at radius 3 is 2.12 bits per heavy atom. The SMILES string of the molecule is CC(C)OC[C@H]1O[C@@](CO)(O[C@H]2OC(CO)[C@@H](O)C(O)C2O)C(O)[C@H]1O. The van der Waals surface area contributed by atoms with Crippen molar-refractivity contribution < 1.29 is 54.7 Å². The lowest BCUT2D eigenvalue weighted by molar-refractivity contribution is -0.383. The number of aliphatic hydroxyl groups is 7. The van der Waals surface area contributed by atoms with Gasteiger partial charge in [-0.3, -0.25) is 0 Å². The van der Waals surface area contributed by atoms with E-state index in [1.807, 2.05) is 0 Å². The maximum Gasteiger partial charge on any atom is 0.224 e. The van der Waals surface area contributed by atoms with E-state index in [0.29, 0.717) is 0 Å². The minimum atomic E-state index is -2.15. The molecule has 2 aliphatic heterocycles. The summed E-state index contributed by atoms with van der Waals surface area (Å²) in [5.74, 6) is -2.15. The smallest absolute Gasteiger partial charge is 0.224 e. The van der Waals surface area contributed by atoms with Crippen molar-refractivity contribution in [1.29, 1.82) is 0 Å². The number of ether oxygens (including phenoxy) is 4. The Morgan fingerprint density at radius 1 is 0.923 bits per heavy atom. The molecular weight excluding hydrogens is 356 g/mol. The molecule has 2 fully saturated rings. The minimum Gasteiger partial charge on any atom is -0.394 e. The summed E-state index contributed by atoms with van der Waals surface area (Å²) >= 11 is 0. The largest absolute Gasteiger partial charge is 0.394 e. The normalized spacial score (nSPS) is 46.8. The van der Waals surface area contributed by atoms with E-state index in [2.05, 4.69) is 0 Å². The molecular formula is C15H28O11. The summed E-state index contributed by atoms with van der Waals surface area (Å²) in [5.41, 5.74) is 0. The van der Waals surface area contributed by atoms with Gasteiger partial charge in [0.1, 0.15) is 49.3 Å². The Kier molecular flexibility index (Phi) is 7.32. The number of aliphatic hydroxyl groups excluding tert-OH is 7. The van der Waals surface area contributed by atoms with Gasteiger partial charge in [-0.25, -0.2) is 0 Å². The van der Waals surface area contributed by atoms with Crippen LogP contribution in [0.4, 0.5) is 0 Å². The fourth-order valence-electron chi connectivity index (χ4n) is 2.91. The molecule has 0 amide bonds. The second-order valence-corrected chi connectivity index (χ2v) is 6.76. The second-order valence-electron chi connectivity index (χ2n) is 6.76. The molecule has 11 heteroatoms. The average molecular weight is 384 g/mol. The predicted octanol–water partition coefficient (Wildman–Crippen LogP) is -3.96. The highest BCUT2D eigenvalue weighted by atomic mass is 16.8. The Morgan fingerprint density at radius 2 is 1.58 bits per heavy atom. The van der Waals surface area contributed by atoms with Gasteiger partial charge in [-0.05, 0) is 13.8 Å². The van der Waals surface area contributed by atoms with Crippen LogP contribution in [0.5, 0.6) is 0 Å². The number of hydrogen-bond acceptors (Lipinski definition) is 11. The van der Waals surface area contributed by atoms with Gasteiger partial charge in [-0.2, -0.15) is 0 Å². The van der Waals surface area contributed by atoms with Crippen LogP contribution in [0.25, 0.3) is 0 Å². The zero-order chi connectivity index (χ0) is 19.6. The van der Waals surface area contributed by atoms with Gasteiger partial charge in [-0.1, -0.05) is 0 Å². The average Bonchev–Trinajstić information content (AvgIpc) is 2.85. The first-order valence-electron chi connectivity index (χ1n) is 8.41. The van der Waals surface area contributed by atoms with E-state index in [-0.39, 0.29) is 12.7 Å². The molecule has 0 radical (unpaired) electrons. The van der Waals surface area contributed by atoms with Crippen molar-refractivity contribution in [3.05, 3.63) is 0 Å². The van der Waals surface area contributed by atoms with Crippen LogP contribution < -0.4 is 0 Å². The Hall–Kier alpha value is -0.440. The maximum absolute atomic E-state index is 10.3. The summed E-state index contributed by atoms with van der Waals surface area (Å²) < 4.78 is 21.4. The molecule has 2 aliphatic rings. The van der Waals surface area contributed by atoms with Gasteiger partial charge in [-0.15, -0.1) is 0 Å². The fourth-order valence-corrected chi connectivity index (χ4v) is 2.91. The molecule has 9 atom stereocenters. The molecule has 2 saturated heterocycles. The Labute approximate surface area is 150 Å². The molecule has 2 rings (SSSR count). The standard InChI is InChI=1S/C15H28O11/c1-6(2)23-4-8-10(19)13(22)15(5-17,25-8)26-14-12(21)11(20)9(18)7(3-16)24-14/h6-14,16-22H,3-5H2,1-2H3/t7?,8-,9-,10+,11?,12?,13?,14-,15+/m1/s1. The maximum atomic E-state index is 10.3. The topological polar surface area (TPSA) is 179 Å². The van der Waals surface area contributed by atoms with Crippen molar-refractivity contribution in [2.75, 3.05) is 19.8 Å². The molecule has 2 heterocycles.